The Morgan fingerprint density at radius 3 is 2.48 bits per heavy atom. The van der Waals surface area contributed by atoms with E-state index in [0.717, 1.165) is 0 Å². The Morgan fingerprint density at radius 1 is 1.17 bits per heavy atom. The number of benzene rings is 1. The molecule has 0 saturated heterocycles. The monoisotopic (exact) mass is 317 g/mol. The molecule has 1 N–H and O–H groups in total. The number of esters is 2. The number of methoxy groups -OCH3 is 1. The summed E-state index contributed by atoms with van der Waals surface area (Å²) in [6.07, 6.45) is 0. The van der Waals surface area contributed by atoms with Crippen molar-refractivity contribution >= 4 is 28.4 Å². The molecule has 0 aliphatic heterocycles. The molecular weight excluding hydrogens is 298 g/mol. The van der Waals surface area contributed by atoms with Gasteiger partial charge in [0.25, 0.3) is 0 Å². The molecule has 1 heterocycles. The molecule has 2 rings (SSSR count). The minimum absolute atomic E-state index is 0.0920. The molecule has 0 amide bonds. The second-order valence-electron chi connectivity index (χ2n) is 4.71. The lowest BCUT2D eigenvalue weighted by atomic mass is 10.0. The Balaban J connectivity index is 2.64. The summed E-state index contributed by atoms with van der Waals surface area (Å²) in [5.41, 5.74) is 1.31. The van der Waals surface area contributed by atoms with Crippen LogP contribution in [0.2, 0.25) is 0 Å². The molecule has 1 aromatic heterocycles. The van der Waals surface area contributed by atoms with E-state index < -0.39 is 11.9 Å². The van der Waals surface area contributed by atoms with E-state index in [1.165, 1.54) is 0 Å². The van der Waals surface area contributed by atoms with Crippen molar-refractivity contribution in [2.45, 2.75) is 13.8 Å². The molecule has 6 heteroatoms. The van der Waals surface area contributed by atoms with Crippen LogP contribution in [-0.2, 0) is 14.3 Å². The van der Waals surface area contributed by atoms with Crippen LogP contribution in [0, 0.1) is 0 Å². The molecule has 2 aromatic rings. The number of rotatable bonds is 6. The summed E-state index contributed by atoms with van der Waals surface area (Å²) >= 11 is 0. The molecule has 122 valence electrons. The zero-order valence-electron chi connectivity index (χ0n) is 13.4. The number of aromatic amines is 1. The minimum atomic E-state index is -0.582. The topological polar surface area (TPSA) is 77.6 Å². The van der Waals surface area contributed by atoms with Crippen LogP contribution in [-0.4, -0.2) is 37.2 Å². The van der Waals surface area contributed by atoms with Gasteiger partial charge in [-0.25, -0.2) is 9.59 Å². The highest BCUT2D eigenvalue weighted by Gasteiger charge is 2.25. The van der Waals surface area contributed by atoms with Crippen molar-refractivity contribution in [3.05, 3.63) is 36.0 Å². The van der Waals surface area contributed by atoms with Crippen molar-refractivity contribution in [3.8, 4) is 5.75 Å². The van der Waals surface area contributed by atoms with Gasteiger partial charge in [-0.15, -0.1) is 0 Å². The molecule has 0 saturated carbocycles. The fourth-order valence-electron chi connectivity index (χ4n) is 2.29. The lowest BCUT2D eigenvalue weighted by Crippen LogP contribution is -2.11. The summed E-state index contributed by atoms with van der Waals surface area (Å²) in [6, 6.07) is 5.25. The molecule has 0 atom stereocenters. The number of carbonyl (C=O) groups excluding carboxylic acids is 2. The third-order valence-corrected chi connectivity index (χ3v) is 3.31. The standard InChI is InChI=1S/C17H19NO5/c1-5-22-16(19)10(3)14-12-9-11(21-4)7-8-13(12)18-15(14)17(20)23-6-2/h7-9,18H,3,5-6H2,1-2,4H3. The van der Waals surface area contributed by atoms with Crippen LogP contribution in [0.25, 0.3) is 16.5 Å². The van der Waals surface area contributed by atoms with Gasteiger partial charge >= 0.3 is 11.9 Å². The molecule has 0 spiro atoms. The van der Waals surface area contributed by atoms with E-state index in [9.17, 15) is 9.59 Å². The summed E-state index contributed by atoms with van der Waals surface area (Å²) in [7, 11) is 1.54. The minimum Gasteiger partial charge on any atom is -0.497 e. The quantitative estimate of drug-likeness (QED) is 0.654. The molecule has 23 heavy (non-hydrogen) atoms. The molecule has 0 aliphatic carbocycles. The van der Waals surface area contributed by atoms with E-state index in [4.69, 9.17) is 14.2 Å². The van der Waals surface area contributed by atoms with Gasteiger partial charge in [-0.1, -0.05) is 6.58 Å². The fourth-order valence-corrected chi connectivity index (χ4v) is 2.29. The Labute approximate surface area is 134 Å². The Morgan fingerprint density at radius 2 is 1.87 bits per heavy atom. The van der Waals surface area contributed by atoms with Gasteiger partial charge in [0.2, 0.25) is 0 Å². The second kappa shape index (κ2) is 7.00. The Kier molecular flexibility index (Phi) is 5.05. The normalized spacial score (nSPS) is 10.4. The molecular formula is C17H19NO5. The highest BCUT2D eigenvalue weighted by molar-refractivity contribution is 6.22. The van der Waals surface area contributed by atoms with E-state index in [1.807, 2.05) is 0 Å². The largest absolute Gasteiger partial charge is 0.497 e. The van der Waals surface area contributed by atoms with Crippen molar-refractivity contribution in [2.75, 3.05) is 20.3 Å². The van der Waals surface area contributed by atoms with Crippen LogP contribution in [0.3, 0.4) is 0 Å². The van der Waals surface area contributed by atoms with E-state index >= 15 is 0 Å². The predicted molar refractivity (Wildman–Crippen MR) is 86.5 cm³/mol. The maximum atomic E-state index is 12.2. The summed E-state index contributed by atoms with van der Waals surface area (Å²) < 4.78 is 15.2. The van der Waals surface area contributed by atoms with Crippen molar-refractivity contribution in [2.24, 2.45) is 0 Å². The maximum Gasteiger partial charge on any atom is 0.355 e. The first-order valence-electron chi connectivity index (χ1n) is 7.26. The molecule has 0 bridgehead atoms. The number of ether oxygens (including phenoxy) is 3. The SMILES string of the molecule is C=C(C(=O)OCC)c1c(C(=O)OCC)[nH]c2ccc(OC)cc12. The molecule has 0 fully saturated rings. The van der Waals surface area contributed by atoms with Gasteiger partial charge < -0.3 is 19.2 Å². The summed E-state index contributed by atoms with van der Waals surface area (Å²) in [4.78, 5) is 27.2. The molecule has 6 nitrogen and oxygen atoms in total. The van der Waals surface area contributed by atoms with Crippen LogP contribution < -0.4 is 4.74 Å². The zero-order valence-corrected chi connectivity index (χ0v) is 13.4. The number of hydrogen-bond donors (Lipinski definition) is 1. The highest BCUT2D eigenvalue weighted by Crippen LogP contribution is 2.32. The van der Waals surface area contributed by atoms with Crippen molar-refractivity contribution in [1.29, 1.82) is 0 Å². The summed E-state index contributed by atoms with van der Waals surface area (Å²) in [5.74, 6) is -0.533. The first-order valence-corrected chi connectivity index (χ1v) is 7.26. The highest BCUT2D eigenvalue weighted by atomic mass is 16.5. The summed E-state index contributed by atoms with van der Waals surface area (Å²) in [5, 5.41) is 0.644. The van der Waals surface area contributed by atoms with Gasteiger partial charge in [0.1, 0.15) is 11.4 Å². The predicted octanol–water partition coefficient (Wildman–Crippen LogP) is 2.93. The van der Waals surface area contributed by atoms with E-state index in [-0.39, 0.29) is 24.5 Å². The van der Waals surface area contributed by atoms with Gasteiger partial charge in [0.15, 0.2) is 0 Å². The van der Waals surface area contributed by atoms with Gasteiger partial charge in [0, 0.05) is 16.5 Å². The Hall–Kier alpha value is -2.76. The fraction of sp³-hybridized carbons (Fsp3) is 0.294. The lowest BCUT2D eigenvalue weighted by Gasteiger charge is -2.08. The molecule has 0 radical (unpaired) electrons. The smallest absolute Gasteiger partial charge is 0.355 e. The Bertz CT molecular complexity index is 760. The average Bonchev–Trinajstić information content (AvgIpc) is 2.93. The average molecular weight is 317 g/mol. The zero-order chi connectivity index (χ0) is 17.0. The van der Waals surface area contributed by atoms with Crippen molar-refractivity contribution in [3.63, 3.8) is 0 Å². The number of carbonyl (C=O) groups is 2. The van der Waals surface area contributed by atoms with Crippen LogP contribution in [0.15, 0.2) is 24.8 Å². The van der Waals surface area contributed by atoms with Crippen LogP contribution >= 0.6 is 0 Å². The summed E-state index contributed by atoms with van der Waals surface area (Å²) in [6.45, 7) is 7.64. The van der Waals surface area contributed by atoms with Gasteiger partial charge in [-0.05, 0) is 32.0 Å². The number of aromatic nitrogens is 1. The van der Waals surface area contributed by atoms with E-state index in [1.54, 1.807) is 39.2 Å². The molecule has 1 aromatic carbocycles. The second-order valence-corrected chi connectivity index (χ2v) is 4.71. The first-order chi connectivity index (χ1) is 11.0. The first kappa shape index (κ1) is 16.6. The van der Waals surface area contributed by atoms with Crippen LogP contribution in [0.1, 0.15) is 29.9 Å². The third kappa shape index (κ3) is 3.21. The van der Waals surface area contributed by atoms with Gasteiger partial charge in [-0.3, -0.25) is 0 Å². The van der Waals surface area contributed by atoms with E-state index in [0.29, 0.717) is 22.2 Å². The third-order valence-electron chi connectivity index (χ3n) is 3.31. The van der Waals surface area contributed by atoms with Gasteiger partial charge in [0.05, 0.1) is 25.9 Å². The lowest BCUT2D eigenvalue weighted by molar-refractivity contribution is -0.136. The number of hydrogen-bond acceptors (Lipinski definition) is 5. The molecule has 0 unspecified atom stereocenters. The van der Waals surface area contributed by atoms with Crippen molar-refractivity contribution in [1.82, 2.24) is 4.98 Å². The van der Waals surface area contributed by atoms with Crippen LogP contribution in [0.4, 0.5) is 0 Å². The molecule has 0 aliphatic rings. The maximum absolute atomic E-state index is 12.2. The van der Waals surface area contributed by atoms with Crippen LogP contribution in [0.5, 0.6) is 5.75 Å². The van der Waals surface area contributed by atoms with Crippen molar-refractivity contribution < 1.29 is 23.8 Å². The van der Waals surface area contributed by atoms with Gasteiger partial charge in [-0.2, -0.15) is 0 Å². The van der Waals surface area contributed by atoms with E-state index in [2.05, 4.69) is 11.6 Å². The number of nitrogens with one attached hydrogen (secondary N) is 1. The number of fused-ring (bicyclic) bond motifs is 1. The number of H-pyrrole nitrogens is 1.